The Morgan fingerprint density at radius 3 is 2.71 bits per heavy atom. The molecule has 1 aromatic heterocycles. The molecule has 0 spiro atoms. The minimum Gasteiger partial charge on any atom is -0.493 e. The number of amides is 1. The molecular weight excluding hydrogens is 320 g/mol. The van der Waals surface area contributed by atoms with Crippen molar-refractivity contribution in [3.05, 3.63) is 59.1 Å². The van der Waals surface area contributed by atoms with Crippen molar-refractivity contribution >= 4 is 27.5 Å². The molecule has 0 radical (unpaired) electrons. The molecule has 0 unspecified atom stereocenters. The van der Waals surface area contributed by atoms with Crippen molar-refractivity contribution in [2.45, 2.75) is 19.9 Å². The van der Waals surface area contributed by atoms with E-state index < -0.39 is 0 Å². The van der Waals surface area contributed by atoms with E-state index in [1.54, 1.807) is 16.2 Å². The second-order valence-electron chi connectivity index (χ2n) is 5.69. The van der Waals surface area contributed by atoms with Gasteiger partial charge in [0.1, 0.15) is 10.8 Å². The summed E-state index contributed by atoms with van der Waals surface area (Å²) in [7, 11) is 1.81. The Morgan fingerprint density at radius 1 is 1.17 bits per heavy atom. The average Bonchev–Trinajstić information content (AvgIpc) is 2.98. The molecule has 5 heteroatoms. The molecule has 124 valence electrons. The predicted molar refractivity (Wildman–Crippen MR) is 97.4 cm³/mol. The average molecular weight is 340 g/mol. The number of rotatable bonds is 6. The maximum absolute atomic E-state index is 12.3. The van der Waals surface area contributed by atoms with Crippen LogP contribution in [0.3, 0.4) is 0 Å². The number of nitrogens with zero attached hydrogens (tertiary/aromatic N) is 2. The van der Waals surface area contributed by atoms with Crippen LogP contribution in [0, 0.1) is 6.92 Å². The summed E-state index contributed by atoms with van der Waals surface area (Å²) in [6.07, 6.45) is 0.357. The molecular formula is C19H20N2O2S. The number of benzene rings is 2. The van der Waals surface area contributed by atoms with Crippen LogP contribution in [-0.2, 0) is 11.3 Å². The summed E-state index contributed by atoms with van der Waals surface area (Å²) in [6, 6.07) is 15.8. The van der Waals surface area contributed by atoms with E-state index in [4.69, 9.17) is 4.74 Å². The number of hydrogen-bond donors (Lipinski definition) is 0. The number of aryl methyl sites for hydroxylation is 1. The monoisotopic (exact) mass is 340 g/mol. The second kappa shape index (κ2) is 7.45. The highest BCUT2D eigenvalue weighted by Gasteiger charge is 2.12. The van der Waals surface area contributed by atoms with Crippen molar-refractivity contribution in [1.29, 1.82) is 0 Å². The summed E-state index contributed by atoms with van der Waals surface area (Å²) in [4.78, 5) is 18.5. The van der Waals surface area contributed by atoms with Gasteiger partial charge in [0.2, 0.25) is 5.91 Å². The lowest BCUT2D eigenvalue weighted by Crippen LogP contribution is -2.27. The number of para-hydroxylation sites is 2. The van der Waals surface area contributed by atoms with Gasteiger partial charge in [0.05, 0.1) is 29.8 Å². The summed E-state index contributed by atoms with van der Waals surface area (Å²) in [6.45, 7) is 2.91. The van der Waals surface area contributed by atoms with Gasteiger partial charge in [-0.05, 0) is 30.7 Å². The van der Waals surface area contributed by atoms with Crippen molar-refractivity contribution in [2.24, 2.45) is 0 Å². The molecule has 1 heterocycles. The van der Waals surface area contributed by atoms with E-state index in [1.165, 1.54) is 0 Å². The normalized spacial score (nSPS) is 10.8. The fourth-order valence-corrected chi connectivity index (χ4v) is 3.46. The van der Waals surface area contributed by atoms with Gasteiger partial charge in [-0.2, -0.15) is 0 Å². The quantitative estimate of drug-likeness (QED) is 0.680. The van der Waals surface area contributed by atoms with E-state index >= 15 is 0 Å². The molecule has 2 aromatic carbocycles. The molecule has 0 saturated carbocycles. The van der Waals surface area contributed by atoms with Crippen LogP contribution in [0.15, 0.2) is 48.5 Å². The summed E-state index contributed by atoms with van der Waals surface area (Å²) < 4.78 is 6.84. The third kappa shape index (κ3) is 3.92. The van der Waals surface area contributed by atoms with Gasteiger partial charge in [0.15, 0.2) is 0 Å². The van der Waals surface area contributed by atoms with E-state index in [2.05, 4.69) is 4.98 Å². The Morgan fingerprint density at radius 2 is 1.92 bits per heavy atom. The van der Waals surface area contributed by atoms with Gasteiger partial charge in [-0.15, -0.1) is 11.3 Å². The van der Waals surface area contributed by atoms with Crippen LogP contribution in [0.2, 0.25) is 0 Å². The molecule has 3 rings (SSSR count). The van der Waals surface area contributed by atoms with Crippen molar-refractivity contribution in [2.75, 3.05) is 13.7 Å². The Bertz CT molecular complexity index is 811. The largest absolute Gasteiger partial charge is 0.493 e. The van der Waals surface area contributed by atoms with Gasteiger partial charge >= 0.3 is 0 Å². The number of carbonyl (C=O) groups excluding carboxylic acids is 1. The van der Waals surface area contributed by atoms with Gasteiger partial charge in [0.25, 0.3) is 0 Å². The minimum absolute atomic E-state index is 0.0582. The summed E-state index contributed by atoms with van der Waals surface area (Å²) >= 11 is 1.63. The van der Waals surface area contributed by atoms with Gasteiger partial charge in [-0.3, -0.25) is 4.79 Å². The minimum atomic E-state index is 0.0582. The van der Waals surface area contributed by atoms with E-state index in [0.29, 0.717) is 19.6 Å². The molecule has 1 amide bonds. The van der Waals surface area contributed by atoms with Crippen LogP contribution < -0.4 is 4.74 Å². The van der Waals surface area contributed by atoms with Crippen molar-refractivity contribution < 1.29 is 9.53 Å². The first-order valence-electron chi connectivity index (χ1n) is 7.90. The van der Waals surface area contributed by atoms with Crippen LogP contribution in [0.5, 0.6) is 5.75 Å². The highest BCUT2D eigenvalue weighted by Crippen LogP contribution is 2.22. The van der Waals surface area contributed by atoms with Crippen LogP contribution in [0.1, 0.15) is 17.0 Å². The SMILES string of the molecule is Cc1ccccc1OCCC(=O)N(C)Cc1nc2ccccc2s1. The van der Waals surface area contributed by atoms with Gasteiger partial charge in [0, 0.05) is 7.05 Å². The van der Waals surface area contributed by atoms with Gasteiger partial charge < -0.3 is 9.64 Å². The number of thiazole rings is 1. The molecule has 0 aliphatic carbocycles. The summed E-state index contributed by atoms with van der Waals surface area (Å²) in [5.41, 5.74) is 2.06. The third-order valence-electron chi connectivity index (χ3n) is 3.80. The molecule has 3 aromatic rings. The standard InChI is InChI=1S/C19H20N2O2S/c1-14-7-3-5-9-16(14)23-12-11-19(22)21(2)13-18-20-15-8-4-6-10-17(15)24-18/h3-10H,11-13H2,1-2H3. The lowest BCUT2D eigenvalue weighted by atomic mass is 10.2. The van der Waals surface area contributed by atoms with Crippen molar-refractivity contribution in [3.8, 4) is 5.75 Å². The zero-order valence-electron chi connectivity index (χ0n) is 13.9. The van der Waals surface area contributed by atoms with Gasteiger partial charge in [-0.1, -0.05) is 30.3 Å². The highest BCUT2D eigenvalue weighted by molar-refractivity contribution is 7.18. The number of carbonyl (C=O) groups is 1. The first-order valence-corrected chi connectivity index (χ1v) is 8.72. The maximum Gasteiger partial charge on any atom is 0.226 e. The van der Waals surface area contributed by atoms with Crippen LogP contribution in [-0.4, -0.2) is 29.4 Å². The number of hydrogen-bond acceptors (Lipinski definition) is 4. The molecule has 0 aliphatic heterocycles. The van der Waals surface area contributed by atoms with Crippen molar-refractivity contribution in [1.82, 2.24) is 9.88 Å². The first-order chi connectivity index (χ1) is 11.6. The first kappa shape index (κ1) is 16.5. The molecule has 0 fully saturated rings. The van der Waals surface area contributed by atoms with Crippen LogP contribution in [0.4, 0.5) is 0 Å². The fraction of sp³-hybridized carbons (Fsp3) is 0.263. The second-order valence-corrected chi connectivity index (χ2v) is 6.80. The Balaban J connectivity index is 1.52. The number of aromatic nitrogens is 1. The Kier molecular flexibility index (Phi) is 5.11. The lowest BCUT2D eigenvalue weighted by molar-refractivity contribution is -0.130. The molecule has 0 bridgehead atoms. The zero-order valence-corrected chi connectivity index (χ0v) is 14.7. The molecule has 0 atom stereocenters. The molecule has 0 saturated heterocycles. The lowest BCUT2D eigenvalue weighted by Gasteiger charge is -2.16. The molecule has 24 heavy (non-hydrogen) atoms. The predicted octanol–water partition coefficient (Wildman–Crippen LogP) is 4.03. The smallest absolute Gasteiger partial charge is 0.226 e. The summed E-state index contributed by atoms with van der Waals surface area (Å²) in [5.74, 6) is 0.891. The zero-order chi connectivity index (χ0) is 16.9. The maximum atomic E-state index is 12.3. The number of ether oxygens (including phenoxy) is 1. The Labute approximate surface area is 145 Å². The summed E-state index contributed by atoms with van der Waals surface area (Å²) in [5, 5.41) is 0.951. The highest BCUT2D eigenvalue weighted by atomic mass is 32.1. The fourth-order valence-electron chi connectivity index (χ4n) is 2.44. The molecule has 0 N–H and O–H groups in total. The topological polar surface area (TPSA) is 42.4 Å². The molecule has 0 aliphatic rings. The van der Waals surface area contributed by atoms with Crippen molar-refractivity contribution in [3.63, 3.8) is 0 Å². The van der Waals surface area contributed by atoms with Gasteiger partial charge in [-0.25, -0.2) is 4.98 Å². The van der Waals surface area contributed by atoms with E-state index in [9.17, 15) is 4.79 Å². The van der Waals surface area contributed by atoms with Crippen LogP contribution in [0.25, 0.3) is 10.2 Å². The van der Waals surface area contributed by atoms with Crippen LogP contribution >= 0.6 is 11.3 Å². The molecule has 4 nitrogen and oxygen atoms in total. The van der Waals surface area contributed by atoms with E-state index in [-0.39, 0.29) is 5.91 Å². The Hall–Kier alpha value is -2.40. The van der Waals surface area contributed by atoms with E-state index in [0.717, 1.165) is 26.5 Å². The number of fused-ring (bicyclic) bond motifs is 1. The van der Waals surface area contributed by atoms with E-state index in [1.807, 2.05) is 62.5 Å². The third-order valence-corrected chi connectivity index (χ3v) is 4.82.